The number of rotatable bonds is 4. The first-order chi connectivity index (χ1) is 11.6. The first-order valence-electron chi connectivity index (χ1n) is 8.46. The number of fused-ring (bicyclic) bond motifs is 1. The van der Waals surface area contributed by atoms with E-state index >= 15 is 0 Å². The van der Waals surface area contributed by atoms with Crippen molar-refractivity contribution in [3.05, 3.63) is 34.0 Å². The highest BCUT2D eigenvalue weighted by Crippen LogP contribution is 2.32. The molecule has 1 amide bonds. The Kier molecular flexibility index (Phi) is 4.14. The number of aryl methyl sites for hydroxylation is 2. The zero-order valence-corrected chi connectivity index (χ0v) is 15.0. The van der Waals surface area contributed by atoms with Crippen LogP contribution in [0.5, 0.6) is 0 Å². The molecule has 0 unspecified atom stereocenters. The summed E-state index contributed by atoms with van der Waals surface area (Å²) < 4.78 is 1.75. The highest BCUT2D eigenvalue weighted by atomic mass is 32.1. The molecule has 2 aliphatic heterocycles. The molecule has 0 radical (unpaired) electrons. The average molecular weight is 345 g/mol. The van der Waals surface area contributed by atoms with Gasteiger partial charge in [-0.2, -0.15) is 5.10 Å². The molecular formula is C17H23N5OS. The Morgan fingerprint density at radius 2 is 2.00 bits per heavy atom. The van der Waals surface area contributed by atoms with Gasteiger partial charge < -0.3 is 4.90 Å². The molecule has 0 aliphatic carbocycles. The zero-order chi connectivity index (χ0) is 16.7. The van der Waals surface area contributed by atoms with Gasteiger partial charge in [-0.1, -0.05) is 0 Å². The molecule has 4 rings (SSSR count). The second-order valence-corrected chi connectivity index (χ2v) is 8.09. The van der Waals surface area contributed by atoms with Crippen LogP contribution in [0.1, 0.15) is 16.4 Å². The number of hydrogen-bond donors (Lipinski definition) is 0. The fraction of sp³-hybridized carbons (Fsp3) is 0.588. The van der Waals surface area contributed by atoms with Crippen molar-refractivity contribution in [1.29, 1.82) is 0 Å². The van der Waals surface area contributed by atoms with Gasteiger partial charge in [-0.15, -0.1) is 11.3 Å². The van der Waals surface area contributed by atoms with Crippen molar-refractivity contribution < 1.29 is 4.79 Å². The smallest absolute Gasteiger partial charge is 0.228 e. The fourth-order valence-electron chi connectivity index (χ4n) is 3.96. The van der Waals surface area contributed by atoms with E-state index in [9.17, 15) is 4.79 Å². The molecular weight excluding hydrogens is 322 g/mol. The quantitative estimate of drug-likeness (QED) is 0.839. The predicted molar refractivity (Wildman–Crippen MR) is 92.6 cm³/mol. The van der Waals surface area contributed by atoms with Crippen LogP contribution in [-0.2, 0) is 24.8 Å². The molecule has 2 aliphatic rings. The summed E-state index contributed by atoms with van der Waals surface area (Å²) in [5, 5.41) is 7.60. The number of thiazole rings is 1. The minimum absolute atomic E-state index is 0.213. The summed E-state index contributed by atoms with van der Waals surface area (Å²) in [6.45, 7) is 6.94. The van der Waals surface area contributed by atoms with Crippen molar-refractivity contribution in [3.63, 3.8) is 0 Å². The van der Waals surface area contributed by atoms with E-state index in [4.69, 9.17) is 0 Å². The lowest BCUT2D eigenvalue weighted by atomic mass is 10.0. The van der Waals surface area contributed by atoms with Crippen molar-refractivity contribution in [2.24, 2.45) is 18.9 Å². The number of carbonyl (C=O) groups excluding carboxylic acids is 1. The van der Waals surface area contributed by atoms with Gasteiger partial charge in [0.15, 0.2) is 0 Å². The molecule has 2 fully saturated rings. The molecule has 0 N–H and O–H groups in total. The van der Waals surface area contributed by atoms with E-state index in [0.29, 0.717) is 18.3 Å². The molecule has 0 aromatic carbocycles. The summed E-state index contributed by atoms with van der Waals surface area (Å²) in [7, 11) is 1.88. The van der Waals surface area contributed by atoms with Gasteiger partial charge >= 0.3 is 0 Å². The summed E-state index contributed by atoms with van der Waals surface area (Å²) in [4.78, 5) is 21.6. The van der Waals surface area contributed by atoms with E-state index in [1.54, 1.807) is 16.0 Å². The lowest BCUT2D eigenvalue weighted by Gasteiger charge is -2.21. The Labute approximate surface area is 146 Å². The predicted octanol–water partition coefficient (Wildman–Crippen LogP) is 1.32. The first-order valence-corrected chi connectivity index (χ1v) is 9.34. The van der Waals surface area contributed by atoms with Gasteiger partial charge in [-0.05, 0) is 24.8 Å². The minimum Gasteiger partial charge on any atom is -0.342 e. The second-order valence-electron chi connectivity index (χ2n) is 7.03. The molecule has 2 aromatic rings. The molecule has 7 heteroatoms. The molecule has 2 aromatic heterocycles. The molecule has 4 heterocycles. The lowest BCUT2D eigenvalue weighted by molar-refractivity contribution is -0.129. The first kappa shape index (κ1) is 15.8. The highest BCUT2D eigenvalue weighted by molar-refractivity contribution is 7.09. The maximum Gasteiger partial charge on any atom is 0.228 e. The largest absolute Gasteiger partial charge is 0.342 e. The van der Waals surface area contributed by atoms with E-state index in [2.05, 4.69) is 27.3 Å². The van der Waals surface area contributed by atoms with Crippen LogP contribution in [0.2, 0.25) is 0 Å². The number of likely N-dealkylation sites (tertiary alicyclic amines) is 2. The topological polar surface area (TPSA) is 54.3 Å². The molecule has 6 nitrogen and oxygen atoms in total. The minimum atomic E-state index is 0.213. The Bertz CT molecular complexity index is 725. The number of amides is 1. The van der Waals surface area contributed by atoms with Gasteiger partial charge in [0, 0.05) is 51.3 Å². The highest BCUT2D eigenvalue weighted by Gasteiger charge is 2.41. The average Bonchev–Trinajstić information content (AvgIpc) is 3.25. The van der Waals surface area contributed by atoms with Crippen LogP contribution in [0.4, 0.5) is 0 Å². The van der Waals surface area contributed by atoms with Crippen LogP contribution in [-0.4, -0.2) is 56.7 Å². The van der Waals surface area contributed by atoms with E-state index in [1.165, 1.54) is 5.69 Å². The van der Waals surface area contributed by atoms with Crippen LogP contribution in [0, 0.1) is 18.8 Å². The lowest BCUT2D eigenvalue weighted by Crippen LogP contribution is -2.34. The Balaban J connectivity index is 1.30. The van der Waals surface area contributed by atoms with E-state index < -0.39 is 0 Å². The van der Waals surface area contributed by atoms with Gasteiger partial charge in [-0.25, -0.2) is 4.98 Å². The van der Waals surface area contributed by atoms with Crippen LogP contribution < -0.4 is 0 Å². The monoisotopic (exact) mass is 345 g/mol. The molecule has 2 atom stereocenters. The Morgan fingerprint density at radius 3 is 2.58 bits per heavy atom. The third-order valence-corrected chi connectivity index (χ3v) is 5.89. The number of nitrogens with zero attached hydrogens (tertiary/aromatic N) is 5. The van der Waals surface area contributed by atoms with Crippen molar-refractivity contribution in [2.45, 2.75) is 19.9 Å². The van der Waals surface area contributed by atoms with Crippen molar-refractivity contribution in [1.82, 2.24) is 24.6 Å². The number of aromatic nitrogens is 3. The summed E-state index contributed by atoms with van der Waals surface area (Å²) in [6, 6.07) is 1.92. The summed E-state index contributed by atoms with van der Waals surface area (Å²) >= 11 is 1.72. The second kappa shape index (κ2) is 6.29. The zero-order valence-electron chi connectivity index (χ0n) is 14.2. The molecule has 0 saturated carbocycles. The van der Waals surface area contributed by atoms with E-state index in [-0.39, 0.29) is 5.91 Å². The maximum absolute atomic E-state index is 12.5. The normalized spacial score (nSPS) is 23.8. The van der Waals surface area contributed by atoms with E-state index in [0.717, 1.165) is 43.4 Å². The van der Waals surface area contributed by atoms with Crippen LogP contribution in [0.25, 0.3) is 0 Å². The summed E-state index contributed by atoms with van der Waals surface area (Å²) in [5.74, 6) is 1.43. The third kappa shape index (κ3) is 3.23. The Hall–Kier alpha value is -1.73. The van der Waals surface area contributed by atoms with Gasteiger partial charge in [0.05, 0.1) is 22.8 Å². The van der Waals surface area contributed by atoms with Crippen LogP contribution >= 0.6 is 11.3 Å². The third-order valence-electron chi connectivity index (χ3n) is 5.07. The van der Waals surface area contributed by atoms with E-state index in [1.807, 2.05) is 24.2 Å². The van der Waals surface area contributed by atoms with Crippen LogP contribution in [0.3, 0.4) is 0 Å². The van der Waals surface area contributed by atoms with Crippen molar-refractivity contribution in [3.8, 4) is 0 Å². The van der Waals surface area contributed by atoms with Crippen molar-refractivity contribution in [2.75, 3.05) is 26.2 Å². The summed E-state index contributed by atoms with van der Waals surface area (Å²) in [5.41, 5.74) is 2.04. The van der Waals surface area contributed by atoms with Gasteiger partial charge in [0.2, 0.25) is 5.91 Å². The standard InChI is InChI=1S/C17H23N5OS/c1-12-18-16(11-24-12)10-21-6-13-8-22(9-14(13)7-21)17(23)5-15-3-4-20(2)19-15/h3-4,11,13-14H,5-10H2,1-2H3/t13-,14-/m1/s1. The molecule has 0 spiro atoms. The Morgan fingerprint density at radius 1 is 1.25 bits per heavy atom. The SMILES string of the molecule is Cc1nc(CN2C[C@@H]3CN(C(=O)Cc4ccn(C)n4)C[C@H]3C2)cs1. The van der Waals surface area contributed by atoms with Gasteiger partial charge in [0.25, 0.3) is 0 Å². The number of hydrogen-bond acceptors (Lipinski definition) is 5. The van der Waals surface area contributed by atoms with Gasteiger partial charge in [0.1, 0.15) is 0 Å². The molecule has 24 heavy (non-hydrogen) atoms. The van der Waals surface area contributed by atoms with Crippen LogP contribution in [0.15, 0.2) is 17.6 Å². The fourth-order valence-corrected chi connectivity index (χ4v) is 4.56. The summed E-state index contributed by atoms with van der Waals surface area (Å²) in [6.07, 6.45) is 2.31. The maximum atomic E-state index is 12.5. The molecule has 2 saturated heterocycles. The van der Waals surface area contributed by atoms with Crippen molar-refractivity contribution >= 4 is 17.2 Å². The number of carbonyl (C=O) groups is 1. The van der Waals surface area contributed by atoms with Gasteiger partial charge in [-0.3, -0.25) is 14.4 Å². The molecule has 128 valence electrons. The molecule has 0 bridgehead atoms.